The van der Waals surface area contributed by atoms with Crippen LogP contribution in [0, 0.1) is 5.82 Å². The van der Waals surface area contributed by atoms with Crippen LogP contribution < -0.4 is 5.32 Å². The summed E-state index contributed by atoms with van der Waals surface area (Å²) in [7, 11) is 0. The van der Waals surface area contributed by atoms with Crippen molar-refractivity contribution in [3.05, 3.63) is 53.2 Å². The van der Waals surface area contributed by atoms with Crippen LogP contribution in [0.25, 0.3) is 0 Å². The fourth-order valence-electron chi connectivity index (χ4n) is 3.64. The lowest BCUT2D eigenvalue weighted by Gasteiger charge is -2.42. The first-order valence-corrected chi connectivity index (χ1v) is 9.46. The predicted octanol–water partition coefficient (Wildman–Crippen LogP) is 2.54. The van der Waals surface area contributed by atoms with Crippen LogP contribution in [0.5, 0.6) is 0 Å². The summed E-state index contributed by atoms with van der Waals surface area (Å²) < 4.78 is 24.5. The largest absolute Gasteiger partial charge is 0.377 e. The summed E-state index contributed by atoms with van der Waals surface area (Å²) in [6.07, 6.45) is 3.81. The number of hydrogen-bond acceptors (Lipinski definition) is 5. The zero-order valence-corrected chi connectivity index (χ0v) is 15.2. The molecule has 27 heavy (non-hydrogen) atoms. The molecule has 0 atom stereocenters. The summed E-state index contributed by atoms with van der Waals surface area (Å²) >= 11 is 0. The van der Waals surface area contributed by atoms with Gasteiger partial charge >= 0.3 is 0 Å². The van der Waals surface area contributed by atoms with Crippen LogP contribution in [0.3, 0.4) is 0 Å². The van der Waals surface area contributed by atoms with E-state index in [0.29, 0.717) is 37.4 Å². The minimum atomic E-state index is -0.315. The number of hydrogen-bond donors (Lipinski definition) is 1. The Balaban J connectivity index is 1.39. The van der Waals surface area contributed by atoms with Crippen LogP contribution in [0.1, 0.15) is 41.1 Å². The molecule has 0 bridgehead atoms. The van der Waals surface area contributed by atoms with Gasteiger partial charge in [0.2, 0.25) is 5.76 Å². The predicted molar refractivity (Wildman–Crippen MR) is 96.8 cm³/mol. The molecule has 1 N–H and O–H groups in total. The molecule has 0 radical (unpaired) electrons. The molecule has 3 heterocycles. The summed E-state index contributed by atoms with van der Waals surface area (Å²) in [4.78, 5) is 14.3. The minimum absolute atomic E-state index is 0.0910. The Kier molecular flexibility index (Phi) is 5.22. The van der Waals surface area contributed by atoms with Gasteiger partial charge in [0.1, 0.15) is 5.82 Å². The molecular weight excluding hydrogens is 349 g/mol. The van der Waals surface area contributed by atoms with E-state index in [9.17, 15) is 9.18 Å². The Morgan fingerprint density at radius 3 is 2.70 bits per heavy atom. The molecule has 4 rings (SSSR count). The number of ether oxygens (including phenoxy) is 1. The standard InChI is InChI=1S/C20H24FN3O3/c21-17-7-3-2-6-15(17)12-22-20(13-26-14-20)11-16-10-18(27-23-16)19(25)24-8-4-1-5-9-24/h2-3,6-7,10,22H,1,4-5,8-9,11-14H2. The molecule has 0 unspecified atom stereocenters. The quantitative estimate of drug-likeness (QED) is 0.843. The van der Waals surface area contributed by atoms with Crippen LogP contribution in [0.4, 0.5) is 4.39 Å². The van der Waals surface area contributed by atoms with Gasteiger partial charge in [0, 0.05) is 37.7 Å². The third kappa shape index (κ3) is 4.04. The molecule has 7 heteroatoms. The average molecular weight is 373 g/mol. The maximum atomic E-state index is 13.8. The van der Waals surface area contributed by atoms with Gasteiger partial charge in [-0.3, -0.25) is 4.79 Å². The molecule has 0 spiro atoms. The molecule has 2 aliphatic rings. The van der Waals surface area contributed by atoms with E-state index in [0.717, 1.165) is 25.9 Å². The van der Waals surface area contributed by atoms with E-state index < -0.39 is 0 Å². The third-order valence-electron chi connectivity index (χ3n) is 5.30. The van der Waals surface area contributed by atoms with Crippen molar-refractivity contribution in [1.82, 2.24) is 15.4 Å². The number of amides is 1. The normalized spacial score (nSPS) is 18.9. The lowest BCUT2D eigenvalue weighted by atomic mass is 9.90. The van der Waals surface area contributed by atoms with Crippen LogP contribution in [0.15, 0.2) is 34.9 Å². The zero-order chi connectivity index (χ0) is 18.7. The van der Waals surface area contributed by atoms with Crippen molar-refractivity contribution in [2.24, 2.45) is 0 Å². The van der Waals surface area contributed by atoms with E-state index >= 15 is 0 Å². The molecule has 6 nitrogen and oxygen atoms in total. The van der Waals surface area contributed by atoms with E-state index in [1.165, 1.54) is 12.5 Å². The highest BCUT2D eigenvalue weighted by molar-refractivity contribution is 5.91. The van der Waals surface area contributed by atoms with E-state index in [1.54, 1.807) is 18.2 Å². The number of nitrogens with zero attached hydrogens (tertiary/aromatic N) is 2. The van der Waals surface area contributed by atoms with Crippen molar-refractivity contribution in [3.63, 3.8) is 0 Å². The second-order valence-corrected chi connectivity index (χ2v) is 7.43. The molecule has 1 aromatic carbocycles. The Morgan fingerprint density at radius 1 is 1.22 bits per heavy atom. The third-order valence-corrected chi connectivity index (χ3v) is 5.30. The number of halogens is 1. The monoisotopic (exact) mass is 373 g/mol. The number of rotatable bonds is 6. The van der Waals surface area contributed by atoms with Crippen molar-refractivity contribution in [2.45, 2.75) is 37.8 Å². The number of piperidine rings is 1. The fraction of sp³-hybridized carbons (Fsp3) is 0.500. The number of nitrogens with one attached hydrogen (secondary N) is 1. The van der Waals surface area contributed by atoms with Crippen LogP contribution in [-0.4, -0.2) is 47.8 Å². The molecule has 144 valence electrons. The highest BCUT2D eigenvalue weighted by atomic mass is 19.1. The molecule has 0 aliphatic carbocycles. The van der Waals surface area contributed by atoms with Crippen molar-refractivity contribution in [2.75, 3.05) is 26.3 Å². The highest BCUT2D eigenvalue weighted by Crippen LogP contribution is 2.24. The molecule has 1 aromatic heterocycles. The minimum Gasteiger partial charge on any atom is -0.377 e. The van der Waals surface area contributed by atoms with Gasteiger partial charge < -0.3 is 19.5 Å². The van der Waals surface area contributed by atoms with Crippen molar-refractivity contribution < 1.29 is 18.4 Å². The van der Waals surface area contributed by atoms with Gasteiger partial charge in [0.15, 0.2) is 0 Å². The van der Waals surface area contributed by atoms with Gasteiger partial charge in [-0.25, -0.2) is 4.39 Å². The van der Waals surface area contributed by atoms with Gasteiger partial charge in [-0.05, 0) is 25.3 Å². The molecule has 2 saturated heterocycles. The van der Waals surface area contributed by atoms with Crippen LogP contribution in [-0.2, 0) is 17.7 Å². The second-order valence-electron chi connectivity index (χ2n) is 7.43. The zero-order valence-electron chi connectivity index (χ0n) is 15.2. The van der Waals surface area contributed by atoms with Crippen molar-refractivity contribution in [1.29, 1.82) is 0 Å². The molecular formula is C20H24FN3O3. The summed E-state index contributed by atoms with van der Waals surface area (Å²) in [5.41, 5.74) is 1.01. The smallest absolute Gasteiger partial charge is 0.292 e. The Morgan fingerprint density at radius 2 is 2.00 bits per heavy atom. The van der Waals surface area contributed by atoms with Crippen molar-refractivity contribution in [3.8, 4) is 0 Å². The average Bonchev–Trinajstić information content (AvgIpc) is 3.13. The topological polar surface area (TPSA) is 67.6 Å². The number of carbonyl (C=O) groups is 1. The fourth-order valence-corrected chi connectivity index (χ4v) is 3.64. The lowest BCUT2D eigenvalue weighted by Crippen LogP contribution is -2.61. The van der Waals surface area contributed by atoms with E-state index in [4.69, 9.17) is 9.26 Å². The first-order chi connectivity index (χ1) is 13.2. The Bertz CT molecular complexity index is 797. The highest BCUT2D eigenvalue weighted by Gasteiger charge is 2.39. The molecule has 2 fully saturated rings. The summed E-state index contributed by atoms with van der Waals surface area (Å²) in [6.45, 7) is 2.99. The summed E-state index contributed by atoms with van der Waals surface area (Å²) in [6, 6.07) is 8.44. The van der Waals surface area contributed by atoms with E-state index in [2.05, 4.69) is 10.5 Å². The maximum Gasteiger partial charge on any atom is 0.292 e. The maximum absolute atomic E-state index is 13.8. The van der Waals surface area contributed by atoms with Gasteiger partial charge in [0.05, 0.1) is 24.4 Å². The molecule has 1 amide bonds. The van der Waals surface area contributed by atoms with Gasteiger partial charge in [-0.15, -0.1) is 0 Å². The number of benzene rings is 1. The van der Waals surface area contributed by atoms with Gasteiger partial charge in [-0.2, -0.15) is 0 Å². The SMILES string of the molecule is O=C(c1cc(CC2(NCc3ccccc3F)COC2)no1)N1CCCCC1. The molecule has 0 saturated carbocycles. The molecule has 2 aromatic rings. The Labute approximate surface area is 157 Å². The summed E-state index contributed by atoms with van der Waals surface area (Å²) in [5.74, 6) is -0.0284. The number of carbonyl (C=O) groups excluding carboxylic acids is 1. The van der Waals surface area contributed by atoms with E-state index in [1.807, 2.05) is 11.0 Å². The summed E-state index contributed by atoms with van der Waals surface area (Å²) in [5, 5.41) is 7.48. The Hall–Kier alpha value is -2.25. The van der Waals surface area contributed by atoms with Gasteiger partial charge in [-0.1, -0.05) is 23.4 Å². The van der Waals surface area contributed by atoms with Gasteiger partial charge in [0.25, 0.3) is 5.91 Å². The van der Waals surface area contributed by atoms with Crippen molar-refractivity contribution >= 4 is 5.91 Å². The second kappa shape index (κ2) is 7.78. The van der Waals surface area contributed by atoms with E-state index in [-0.39, 0.29) is 23.0 Å². The number of likely N-dealkylation sites (tertiary alicyclic amines) is 1. The van der Waals surface area contributed by atoms with Crippen LogP contribution >= 0.6 is 0 Å². The first-order valence-electron chi connectivity index (χ1n) is 9.46. The number of aromatic nitrogens is 1. The first kappa shape index (κ1) is 18.1. The molecule has 2 aliphatic heterocycles. The lowest BCUT2D eigenvalue weighted by molar-refractivity contribution is -0.0756. The van der Waals surface area contributed by atoms with Crippen LogP contribution in [0.2, 0.25) is 0 Å².